The Morgan fingerprint density at radius 3 is 2.78 bits per heavy atom. The molecule has 0 bridgehead atoms. The lowest BCUT2D eigenvalue weighted by Crippen LogP contribution is -2.04. The van der Waals surface area contributed by atoms with Crippen molar-refractivity contribution in [3.8, 4) is 0 Å². The molecule has 1 aromatic heterocycles. The lowest BCUT2D eigenvalue weighted by atomic mass is 9.99. The molecule has 1 N–H and O–H groups in total. The van der Waals surface area contributed by atoms with Crippen molar-refractivity contribution in [2.24, 2.45) is 7.05 Å². The minimum Gasteiger partial charge on any atom is -0.383 e. The minimum atomic E-state index is -0.964. The maximum atomic E-state index is 13.8. The first-order valence-corrected chi connectivity index (χ1v) is 5.99. The summed E-state index contributed by atoms with van der Waals surface area (Å²) in [5.74, 6) is -0.390. The van der Waals surface area contributed by atoms with Crippen molar-refractivity contribution < 1.29 is 9.50 Å². The maximum Gasteiger partial charge on any atom is 0.129 e. The van der Waals surface area contributed by atoms with Crippen molar-refractivity contribution in [2.45, 2.75) is 26.4 Å². The predicted octanol–water partition coefficient (Wildman–Crippen LogP) is 2.51. The fraction of sp³-hybridized carbons (Fsp3) is 0.357. The average Bonchev–Trinajstić information content (AvgIpc) is 2.72. The minimum absolute atomic E-state index is 0.303. The molecule has 0 amide bonds. The van der Waals surface area contributed by atoms with Gasteiger partial charge in [-0.15, -0.1) is 0 Å². The number of nitrogens with zero attached hydrogens (tertiary/aromatic N) is 2. The van der Waals surface area contributed by atoms with Crippen LogP contribution in [0.3, 0.4) is 0 Å². The van der Waals surface area contributed by atoms with E-state index in [2.05, 4.69) is 5.10 Å². The van der Waals surface area contributed by atoms with Gasteiger partial charge in [0.05, 0.1) is 5.69 Å². The molecule has 3 nitrogen and oxygen atoms in total. The van der Waals surface area contributed by atoms with Crippen LogP contribution in [-0.2, 0) is 13.5 Å². The average molecular weight is 248 g/mol. The van der Waals surface area contributed by atoms with Crippen LogP contribution in [0.5, 0.6) is 0 Å². The summed E-state index contributed by atoms with van der Waals surface area (Å²) in [5.41, 5.74) is 2.69. The lowest BCUT2D eigenvalue weighted by molar-refractivity contribution is 0.213. The van der Waals surface area contributed by atoms with Crippen LogP contribution in [0.15, 0.2) is 24.4 Å². The molecule has 2 aromatic rings. The van der Waals surface area contributed by atoms with Gasteiger partial charge in [0.15, 0.2) is 0 Å². The van der Waals surface area contributed by atoms with Crippen LogP contribution in [0.25, 0.3) is 0 Å². The summed E-state index contributed by atoms with van der Waals surface area (Å²) >= 11 is 0. The molecule has 0 saturated heterocycles. The van der Waals surface area contributed by atoms with E-state index in [1.54, 1.807) is 30.1 Å². The number of benzene rings is 1. The highest BCUT2D eigenvalue weighted by atomic mass is 19.1. The molecule has 0 saturated carbocycles. The van der Waals surface area contributed by atoms with E-state index in [4.69, 9.17) is 0 Å². The van der Waals surface area contributed by atoms with Crippen LogP contribution in [-0.4, -0.2) is 14.9 Å². The van der Waals surface area contributed by atoms with Gasteiger partial charge in [-0.1, -0.05) is 24.6 Å². The molecule has 0 aliphatic rings. The van der Waals surface area contributed by atoms with Gasteiger partial charge in [-0.25, -0.2) is 4.39 Å². The van der Waals surface area contributed by atoms with Gasteiger partial charge < -0.3 is 5.11 Å². The molecule has 0 fully saturated rings. The van der Waals surface area contributed by atoms with Gasteiger partial charge in [-0.3, -0.25) is 4.68 Å². The Bertz CT molecular complexity index is 563. The molecule has 2 rings (SSSR count). The summed E-state index contributed by atoms with van der Waals surface area (Å²) in [6.07, 6.45) is 1.49. The van der Waals surface area contributed by atoms with Crippen LogP contribution in [0.1, 0.15) is 35.4 Å². The second-order valence-electron chi connectivity index (χ2n) is 4.49. The van der Waals surface area contributed by atoms with E-state index < -0.39 is 6.10 Å². The molecule has 1 aromatic carbocycles. The summed E-state index contributed by atoms with van der Waals surface area (Å²) in [6, 6.07) is 4.75. The molecule has 1 heterocycles. The van der Waals surface area contributed by atoms with Gasteiger partial charge in [-0.2, -0.15) is 5.10 Å². The summed E-state index contributed by atoms with van der Waals surface area (Å²) in [5, 5.41) is 14.6. The summed E-state index contributed by atoms with van der Waals surface area (Å²) in [4.78, 5) is 0. The Morgan fingerprint density at radius 1 is 1.39 bits per heavy atom. The Kier molecular flexibility index (Phi) is 3.48. The van der Waals surface area contributed by atoms with Crippen LogP contribution >= 0.6 is 0 Å². The van der Waals surface area contributed by atoms with Crippen LogP contribution in [0, 0.1) is 12.7 Å². The van der Waals surface area contributed by atoms with Crippen LogP contribution in [0.4, 0.5) is 4.39 Å². The molecular formula is C14H17FN2O. The SMILES string of the molecule is CCc1nn(C)cc1C(O)c1cc(C)ccc1F. The zero-order valence-electron chi connectivity index (χ0n) is 10.8. The highest BCUT2D eigenvalue weighted by Gasteiger charge is 2.20. The van der Waals surface area contributed by atoms with Crippen LogP contribution in [0.2, 0.25) is 0 Å². The van der Waals surface area contributed by atoms with Gasteiger partial charge >= 0.3 is 0 Å². The van der Waals surface area contributed by atoms with E-state index in [-0.39, 0.29) is 5.82 Å². The van der Waals surface area contributed by atoms with E-state index in [1.165, 1.54) is 6.07 Å². The molecule has 96 valence electrons. The summed E-state index contributed by atoms with van der Waals surface area (Å²) < 4.78 is 15.4. The summed E-state index contributed by atoms with van der Waals surface area (Å²) in [7, 11) is 1.79. The smallest absolute Gasteiger partial charge is 0.129 e. The second-order valence-corrected chi connectivity index (χ2v) is 4.49. The third kappa shape index (κ3) is 2.29. The predicted molar refractivity (Wildman–Crippen MR) is 67.8 cm³/mol. The number of hydrogen-bond acceptors (Lipinski definition) is 2. The Hall–Kier alpha value is -1.68. The van der Waals surface area contributed by atoms with E-state index in [0.717, 1.165) is 11.3 Å². The quantitative estimate of drug-likeness (QED) is 0.906. The van der Waals surface area contributed by atoms with Crippen molar-refractivity contribution >= 4 is 0 Å². The molecule has 0 radical (unpaired) electrons. The molecular weight excluding hydrogens is 231 g/mol. The maximum absolute atomic E-state index is 13.8. The van der Waals surface area contributed by atoms with Gasteiger partial charge in [0.2, 0.25) is 0 Å². The number of halogens is 1. The van der Waals surface area contributed by atoms with E-state index in [0.29, 0.717) is 17.5 Å². The standard InChI is InChI=1S/C14H17FN2O/c1-4-13-11(8-17(3)16-13)14(18)10-7-9(2)5-6-12(10)15/h5-8,14,18H,4H2,1-3H3. The first kappa shape index (κ1) is 12.8. The van der Waals surface area contributed by atoms with Crippen molar-refractivity contribution in [2.75, 3.05) is 0 Å². The van der Waals surface area contributed by atoms with Crippen molar-refractivity contribution in [3.63, 3.8) is 0 Å². The highest BCUT2D eigenvalue weighted by molar-refractivity contribution is 5.34. The number of aliphatic hydroxyl groups is 1. The van der Waals surface area contributed by atoms with Crippen molar-refractivity contribution in [1.82, 2.24) is 9.78 Å². The Morgan fingerprint density at radius 2 is 2.11 bits per heavy atom. The molecule has 18 heavy (non-hydrogen) atoms. The number of aryl methyl sites for hydroxylation is 3. The van der Waals surface area contributed by atoms with Crippen LogP contribution < -0.4 is 0 Å². The normalized spacial score (nSPS) is 12.7. The van der Waals surface area contributed by atoms with Crippen molar-refractivity contribution in [3.05, 3.63) is 52.6 Å². The molecule has 0 aliphatic carbocycles. The molecule has 0 aliphatic heterocycles. The number of aliphatic hydroxyl groups excluding tert-OH is 1. The number of rotatable bonds is 3. The zero-order chi connectivity index (χ0) is 13.3. The van der Waals surface area contributed by atoms with Gasteiger partial charge in [0.1, 0.15) is 11.9 Å². The molecule has 0 spiro atoms. The number of hydrogen-bond donors (Lipinski definition) is 1. The van der Waals surface area contributed by atoms with Gasteiger partial charge in [0.25, 0.3) is 0 Å². The largest absolute Gasteiger partial charge is 0.383 e. The van der Waals surface area contributed by atoms with Gasteiger partial charge in [0, 0.05) is 24.4 Å². The molecule has 1 unspecified atom stereocenters. The Labute approximate surface area is 106 Å². The van der Waals surface area contributed by atoms with Gasteiger partial charge in [-0.05, 0) is 19.4 Å². The second kappa shape index (κ2) is 4.90. The lowest BCUT2D eigenvalue weighted by Gasteiger charge is -2.12. The topological polar surface area (TPSA) is 38.0 Å². The third-order valence-corrected chi connectivity index (χ3v) is 3.01. The third-order valence-electron chi connectivity index (χ3n) is 3.01. The van der Waals surface area contributed by atoms with E-state index in [9.17, 15) is 9.50 Å². The zero-order valence-corrected chi connectivity index (χ0v) is 10.8. The highest BCUT2D eigenvalue weighted by Crippen LogP contribution is 2.27. The first-order valence-electron chi connectivity index (χ1n) is 5.99. The van der Waals surface area contributed by atoms with E-state index in [1.807, 2.05) is 13.8 Å². The Balaban J connectivity index is 2.46. The fourth-order valence-electron chi connectivity index (χ4n) is 2.10. The first-order chi connectivity index (χ1) is 8.52. The van der Waals surface area contributed by atoms with E-state index >= 15 is 0 Å². The number of aromatic nitrogens is 2. The summed E-state index contributed by atoms with van der Waals surface area (Å²) in [6.45, 7) is 3.84. The molecule has 4 heteroatoms. The molecule has 1 atom stereocenters. The van der Waals surface area contributed by atoms with Crippen molar-refractivity contribution in [1.29, 1.82) is 0 Å². The monoisotopic (exact) mass is 248 g/mol. The fourth-order valence-corrected chi connectivity index (χ4v) is 2.10.